The summed E-state index contributed by atoms with van der Waals surface area (Å²) in [5, 5.41) is 10.9. The van der Waals surface area contributed by atoms with E-state index in [0.717, 1.165) is 23.0 Å². The van der Waals surface area contributed by atoms with Crippen molar-refractivity contribution < 1.29 is 27.4 Å². The Morgan fingerprint density at radius 3 is 2.59 bits per heavy atom. The number of rotatable bonds is 4. The summed E-state index contributed by atoms with van der Waals surface area (Å²) in [4.78, 5) is 17.0. The number of fused-ring (bicyclic) bond motifs is 2. The fraction of sp³-hybridized carbons (Fsp3) is 0.273. The van der Waals surface area contributed by atoms with Crippen molar-refractivity contribution in [2.24, 2.45) is 7.05 Å². The molecule has 176 valence electrons. The quantitative estimate of drug-likeness (QED) is 0.489. The van der Waals surface area contributed by atoms with E-state index in [1.807, 2.05) is 13.8 Å². The van der Waals surface area contributed by atoms with Crippen molar-refractivity contribution in [2.45, 2.75) is 26.6 Å². The van der Waals surface area contributed by atoms with Crippen molar-refractivity contribution in [3.05, 3.63) is 58.7 Å². The van der Waals surface area contributed by atoms with Gasteiger partial charge in [0.2, 0.25) is 6.79 Å². The number of aryl methyl sites for hydroxylation is 2. The summed E-state index contributed by atoms with van der Waals surface area (Å²) in [6.45, 7) is 3.89. The molecule has 5 rings (SSSR count). The minimum atomic E-state index is -4.73. The molecule has 0 saturated heterocycles. The van der Waals surface area contributed by atoms with Crippen molar-refractivity contribution in [1.29, 1.82) is 0 Å². The van der Waals surface area contributed by atoms with E-state index in [9.17, 15) is 18.0 Å². The summed E-state index contributed by atoms with van der Waals surface area (Å²) in [5.74, 6) is 0.302. The number of carbonyl (C=O) groups excluding carboxylic acids is 1. The lowest BCUT2D eigenvalue weighted by molar-refractivity contribution is -0.142. The number of benzene rings is 1. The molecule has 0 radical (unpaired) electrons. The summed E-state index contributed by atoms with van der Waals surface area (Å²) in [6.07, 6.45) is -4.73. The SMILES string of the molecule is Cc1nn(C)c(C)c1CNC(=O)c1cc2nc(-c3ccc4c(c3)OCO4)cc(C(F)(F)F)n2n1. The molecule has 0 unspecified atom stereocenters. The van der Waals surface area contributed by atoms with Gasteiger partial charge in [0.15, 0.2) is 28.5 Å². The number of nitrogens with one attached hydrogen (secondary N) is 1. The van der Waals surface area contributed by atoms with Crippen LogP contribution in [0.5, 0.6) is 11.5 Å². The third-order valence-corrected chi connectivity index (χ3v) is 5.70. The number of alkyl halides is 3. The lowest BCUT2D eigenvalue weighted by atomic mass is 10.1. The normalized spacial score (nSPS) is 13.0. The van der Waals surface area contributed by atoms with Crippen LogP contribution in [-0.2, 0) is 19.8 Å². The van der Waals surface area contributed by atoms with Crippen molar-refractivity contribution in [3.63, 3.8) is 0 Å². The van der Waals surface area contributed by atoms with E-state index in [4.69, 9.17) is 9.47 Å². The molecule has 1 aromatic carbocycles. The maximum Gasteiger partial charge on any atom is 0.433 e. The van der Waals surface area contributed by atoms with E-state index in [1.165, 1.54) is 6.07 Å². The van der Waals surface area contributed by atoms with Gasteiger partial charge in [-0.05, 0) is 38.1 Å². The molecule has 4 heterocycles. The highest BCUT2D eigenvalue weighted by molar-refractivity contribution is 5.93. The smallest absolute Gasteiger partial charge is 0.433 e. The second-order valence-electron chi connectivity index (χ2n) is 7.85. The molecule has 34 heavy (non-hydrogen) atoms. The number of halogens is 3. The Hall–Kier alpha value is -4.09. The second-order valence-corrected chi connectivity index (χ2v) is 7.85. The van der Waals surface area contributed by atoms with Gasteiger partial charge in [-0.3, -0.25) is 9.48 Å². The first kappa shape index (κ1) is 21.7. The van der Waals surface area contributed by atoms with E-state index in [0.29, 0.717) is 21.6 Å². The van der Waals surface area contributed by atoms with Crippen LogP contribution in [0.3, 0.4) is 0 Å². The minimum Gasteiger partial charge on any atom is -0.454 e. The van der Waals surface area contributed by atoms with E-state index in [-0.39, 0.29) is 30.4 Å². The van der Waals surface area contributed by atoms with Crippen molar-refractivity contribution in [1.82, 2.24) is 29.7 Å². The summed E-state index contributed by atoms with van der Waals surface area (Å²) < 4.78 is 54.5. The maximum absolute atomic E-state index is 13.9. The lowest BCUT2D eigenvalue weighted by Gasteiger charge is -2.11. The van der Waals surface area contributed by atoms with Gasteiger partial charge in [0, 0.05) is 36.5 Å². The van der Waals surface area contributed by atoms with Crippen LogP contribution >= 0.6 is 0 Å². The van der Waals surface area contributed by atoms with Gasteiger partial charge in [-0.15, -0.1) is 0 Å². The molecule has 1 N–H and O–H groups in total. The van der Waals surface area contributed by atoms with Gasteiger partial charge in [0.05, 0.1) is 11.4 Å². The predicted molar refractivity (Wildman–Crippen MR) is 113 cm³/mol. The molecule has 0 fully saturated rings. The molecule has 1 aliphatic heterocycles. The van der Waals surface area contributed by atoms with E-state index < -0.39 is 17.8 Å². The number of amides is 1. The van der Waals surface area contributed by atoms with Gasteiger partial charge in [0.1, 0.15) is 0 Å². The lowest BCUT2D eigenvalue weighted by Crippen LogP contribution is -2.24. The fourth-order valence-corrected chi connectivity index (χ4v) is 3.82. The zero-order valence-corrected chi connectivity index (χ0v) is 18.4. The third kappa shape index (κ3) is 3.70. The fourth-order valence-electron chi connectivity index (χ4n) is 3.82. The summed E-state index contributed by atoms with van der Waals surface area (Å²) in [5.41, 5.74) is 1.59. The first-order valence-corrected chi connectivity index (χ1v) is 10.3. The highest BCUT2D eigenvalue weighted by Crippen LogP contribution is 2.37. The third-order valence-electron chi connectivity index (χ3n) is 5.70. The van der Waals surface area contributed by atoms with Gasteiger partial charge < -0.3 is 14.8 Å². The number of hydrogen-bond acceptors (Lipinski definition) is 6. The Labute approximate surface area is 191 Å². The highest BCUT2D eigenvalue weighted by Gasteiger charge is 2.36. The van der Waals surface area contributed by atoms with Gasteiger partial charge in [0.25, 0.3) is 5.91 Å². The van der Waals surface area contributed by atoms with Crippen LogP contribution in [0.2, 0.25) is 0 Å². The van der Waals surface area contributed by atoms with Crippen LogP contribution in [0.25, 0.3) is 16.9 Å². The van der Waals surface area contributed by atoms with Crippen LogP contribution < -0.4 is 14.8 Å². The summed E-state index contributed by atoms with van der Waals surface area (Å²) in [7, 11) is 1.79. The Morgan fingerprint density at radius 2 is 1.88 bits per heavy atom. The average molecular weight is 472 g/mol. The van der Waals surface area contributed by atoms with Gasteiger partial charge >= 0.3 is 6.18 Å². The van der Waals surface area contributed by atoms with Crippen LogP contribution in [0.1, 0.15) is 33.1 Å². The predicted octanol–water partition coefficient (Wildman–Crippen LogP) is 3.42. The van der Waals surface area contributed by atoms with Crippen LogP contribution in [0.4, 0.5) is 13.2 Å². The Morgan fingerprint density at radius 1 is 1.12 bits per heavy atom. The molecule has 1 aliphatic rings. The Balaban J connectivity index is 1.50. The number of aromatic nitrogens is 5. The largest absolute Gasteiger partial charge is 0.454 e. The molecular formula is C22H19F3N6O3. The molecule has 4 aromatic rings. The van der Waals surface area contributed by atoms with Gasteiger partial charge in [-0.25, -0.2) is 9.50 Å². The molecule has 1 amide bonds. The molecule has 0 saturated carbocycles. The average Bonchev–Trinajstić information content (AvgIpc) is 3.48. The molecule has 0 bridgehead atoms. The molecule has 3 aromatic heterocycles. The zero-order valence-electron chi connectivity index (χ0n) is 18.4. The first-order chi connectivity index (χ1) is 16.1. The number of carbonyl (C=O) groups is 1. The van der Waals surface area contributed by atoms with Crippen molar-refractivity contribution >= 4 is 11.6 Å². The van der Waals surface area contributed by atoms with Gasteiger partial charge in [-0.2, -0.15) is 23.4 Å². The van der Waals surface area contributed by atoms with E-state index >= 15 is 0 Å². The van der Waals surface area contributed by atoms with Gasteiger partial charge in [-0.1, -0.05) is 0 Å². The monoisotopic (exact) mass is 472 g/mol. The number of ether oxygens (including phenoxy) is 2. The molecule has 0 atom stereocenters. The molecule has 0 aliphatic carbocycles. The summed E-state index contributed by atoms with van der Waals surface area (Å²) >= 11 is 0. The van der Waals surface area contributed by atoms with Crippen LogP contribution in [0.15, 0.2) is 30.3 Å². The molecule has 9 nitrogen and oxygen atoms in total. The zero-order chi connectivity index (χ0) is 24.2. The molecule has 12 heteroatoms. The minimum absolute atomic E-state index is 0.0399. The standard InChI is InChI=1S/C22H19F3N6O3/c1-11-14(12(2)30(3)28-11)9-26-21(32)16-8-20-27-15(7-19(22(23,24)25)31(20)29-16)13-4-5-17-18(6-13)34-10-33-17/h4-8H,9-10H2,1-3H3,(H,26,32). The van der Waals surface area contributed by atoms with Crippen molar-refractivity contribution in [2.75, 3.05) is 6.79 Å². The highest BCUT2D eigenvalue weighted by atomic mass is 19.4. The maximum atomic E-state index is 13.9. The topological polar surface area (TPSA) is 95.6 Å². The Bertz CT molecular complexity index is 1440. The number of nitrogens with zero attached hydrogens (tertiary/aromatic N) is 5. The molecule has 0 spiro atoms. The van der Waals surface area contributed by atoms with E-state index in [1.54, 1.807) is 29.9 Å². The van der Waals surface area contributed by atoms with Crippen LogP contribution in [-0.4, -0.2) is 37.1 Å². The molecular weight excluding hydrogens is 453 g/mol. The second kappa shape index (κ2) is 7.75. The Kier molecular flexibility index (Phi) is 4.95. The van der Waals surface area contributed by atoms with E-state index in [2.05, 4.69) is 20.5 Å². The van der Waals surface area contributed by atoms with Crippen LogP contribution in [0, 0.1) is 13.8 Å². The number of hydrogen-bond donors (Lipinski definition) is 1. The van der Waals surface area contributed by atoms with Crippen molar-refractivity contribution in [3.8, 4) is 22.8 Å². The first-order valence-electron chi connectivity index (χ1n) is 10.3. The summed E-state index contributed by atoms with van der Waals surface area (Å²) in [6, 6.07) is 6.87.